The average molecular weight is 260 g/mol. The van der Waals surface area contributed by atoms with Gasteiger partial charge in [-0.05, 0) is 24.5 Å². The van der Waals surface area contributed by atoms with Gasteiger partial charge in [-0.25, -0.2) is 0 Å². The highest BCUT2D eigenvalue weighted by Crippen LogP contribution is 2.19. The zero-order valence-corrected chi connectivity index (χ0v) is 10.5. The van der Waals surface area contributed by atoms with Gasteiger partial charge in [-0.3, -0.25) is 9.59 Å². The van der Waals surface area contributed by atoms with Gasteiger partial charge in [0, 0.05) is 23.5 Å². The fourth-order valence-corrected chi connectivity index (χ4v) is 1.99. The van der Waals surface area contributed by atoms with Crippen molar-refractivity contribution in [1.29, 1.82) is 0 Å². The van der Waals surface area contributed by atoms with Gasteiger partial charge in [0.15, 0.2) is 6.61 Å². The Bertz CT molecular complexity index is 589. The molecule has 0 atom stereocenters. The number of aryl methyl sites for hydroxylation is 1. The van der Waals surface area contributed by atoms with Crippen molar-refractivity contribution in [2.24, 2.45) is 5.73 Å². The predicted molar refractivity (Wildman–Crippen MR) is 71.4 cm³/mol. The Morgan fingerprint density at radius 3 is 2.84 bits per heavy atom. The van der Waals surface area contributed by atoms with Gasteiger partial charge < -0.3 is 15.5 Å². The summed E-state index contributed by atoms with van der Waals surface area (Å²) in [4.78, 5) is 24.9. The average Bonchev–Trinajstić information content (AvgIpc) is 2.80. The van der Waals surface area contributed by atoms with Crippen LogP contribution < -0.4 is 5.73 Å². The Morgan fingerprint density at radius 1 is 1.26 bits per heavy atom. The number of nitrogens with one attached hydrogen (secondary N) is 1. The van der Waals surface area contributed by atoms with E-state index in [1.54, 1.807) is 0 Å². The molecule has 0 aliphatic heterocycles. The van der Waals surface area contributed by atoms with Crippen LogP contribution >= 0.6 is 0 Å². The number of hydrogen-bond acceptors (Lipinski definition) is 3. The minimum atomic E-state index is -0.634. The van der Waals surface area contributed by atoms with Gasteiger partial charge >= 0.3 is 5.97 Å². The van der Waals surface area contributed by atoms with E-state index in [-0.39, 0.29) is 13.0 Å². The van der Waals surface area contributed by atoms with E-state index in [2.05, 4.69) is 9.72 Å². The lowest BCUT2D eigenvalue weighted by Crippen LogP contribution is -2.20. The number of amides is 1. The third-order valence-corrected chi connectivity index (χ3v) is 2.88. The van der Waals surface area contributed by atoms with Crippen molar-refractivity contribution in [3.05, 3.63) is 36.0 Å². The molecule has 0 radical (unpaired) electrons. The van der Waals surface area contributed by atoms with Crippen molar-refractivity contribution in [2.45, 2.75) is 19.3 Å². The van der Waals surface area contributed by atoms with E-state index >= 15 is 0 Å². The van der Waals surface area contributed by atoms with Gasteiger partial charge in [-0.2, -0.15) is 0 Å². The molecule has 19 heavy (non-hydrogen) atoms. The number of primary amides is 1. The molecule has 1 heterocycles. The van der Waals surface area contributed by atoms with Gasteiger partial charge in [0.05, 0.1) is 0 Å². The Morgan fingerprint density at radius 2 is 2.05 bits per heavy atom. The Labute approximate surface area is 110 Å². The topological polar surface area (TPSA) is 85.2 Å². The molecule has 0 aliphatic rings. The van der Waals surface area contributed by atoms with Crippen LogP contribution in [0, 0.1) is 0 Å². The number of carbonyl (C=O) groups is 2. The first-order valence-corrected chi connectivity index (χ1v) is 6.16. The van der Waals surface area contributed by atoms with Gasteiger partial charge in [0.25, 0.3) is 5.91 Å². The number of rotatable bonds is 6. The highest BCUT2D eigenvalue weighted by molar-refractivity contribution is 5.83. The normalized spacial score (nSPS) is 10.5. The first-order valence-electron chi connectivity index (χ1n) is 6.16. The second-order valence-corrected chi connectivity index (χ2v) is 4.34. The molecular weight excluding hydrogens is 244 g/mol. The lowest BCUT2D eigenvalue weighted by molar-refractivity contribution is -0.147. The fraction of sp³-hybridized carbons (Fsp3) is 0.286. The standard InChI is InChI=1S/C14H16N2O3/c15-13(17)9-19-14(18)7-3-4-10-8-16-12-6-2-1-5-11(10)12/h1-2,5-6,8,16H,3-4,7,9H2,(H2,15,17). The van der Waals surface area contributed by atoms with E-state index in [1.807, 2.05) is 30.5 Å². The molecule has 100 valence electrons. The summed E-state index contributed by atoms with van der Waals surface area (Å²) in [7, 11) is 0. The van der Waals surface area contributed by atoms with Crippen LogP contribution in [0.2, 0.25) is 0 Å². The maximum atomic E-state index is 11.3. The minimum Gasteiger partial charge on any atom is -0.456 e. The van der Waals surface area contributed by atoms with E-state index in [0.29, 0.717) is 6.42 Å². The zero-order valence-electron chi connectivity index (χ0n) is 10.5. The maximum Gasteiger partial charge on any atom is 0.306 e. The SMILES string of the molecule is NC(=O)COC(=O)CCCc1c[nH]c2ccccc12. The van der Waals surface area contributed by atoms with E-state index < -0.39 is 11.9 Å². The molecule has 0 saturated heterocycles. The summed E-state index contributed by atoms with van der Waals surface area (Å²) >= 11 is 0. The van der Waals surface area contributed by atoms with E-state index in [4.69, 9.17) is 5.73 Å². The lowest BCUT2D eigenvalue weighted by atomic mass is 10.1. The summed E-state index contributed by atoms with van der Waals surface area (Å²) in [6.45, 7) is -0.341. The van der Waals surface area contributed by atoms with Crippen LogP contribution in [0.25, 0.3) is 10.9 Å². The Balaban J connectivity index is 1.83. The molecule has 5 heteroatoms. The molecule has 0 bridgehead atoms. The van der Waals surface area contributed by atoms with Gasteiger partial charge in [0.1, 0.15) is 0 Å². The van der Waals surface area contributed by atoms with Crippen molar-refractivity contribution in [2.75, 3.05) is 6.61 Å². The molecule has 2 aromatic rings. The highest BCUT2D eigenvalue weighted by Gasteiger charge is 2.07. The molecule has 5 nitrogen and oxygen atoms in total. The van der Waals surface area contributed by atoms with Crippen molar-refractivity contribution in [3.63, 3.8) is 0 Å². The molecule has 3 N–H and O–H groups in total. The molecule has 1 aromatic carbocycles. The number of ether oxygens (including phenoxy) is 1. The third kappa shape index (κ3) is 3.58. The maximum absolute atomic E-state index is 11.3. The number of benzene rings is 1. The number of nitrogens with two attached hydrogens (primary N) is 1. The highest BCUT2D eigenvalue weighted by atomic mass is 16.5. The summed E-state index contributed by atoms with van der Waals surface area (Å²) in [5, 5.41) is 1.17. The van der Waals surface area contributed by atoms with Crippen molar-refractivity contribution in [3.8, 4) is 0 Å². The van der Waals surface area contributed by atoms with Crippen LogP contribution in [0.5, 0.6) is 0 Å². The van der Waals surface area contributed by atoms with Crippen LogP contribution in [0.15, 0.2) is 30.5 Å². The van der Waals surface area contributed by atoms with Gasteiger partial charge in [0.2, 0.25) is 0 Å². The largest absolute Gasteiger partial charge is 0.456 e. The number of H-pyrrole nitrogens is 1. The van der Waals surface area contributed by atoms with E-state index in [1.165, 1.54) is 10.9 Å². The van der Waals surface area contributed by atoms with Gasteiger partial charge in [-0.1, -0.05) is 18.2 Å². The number of carbonyl (C=O) groups excluding carboxylic acids is 2. The van der Waals surface area contributed by atoms with Crippen LogP contribution in [-0.4, -0.2) is 23.5 Å². The first kappa shape index (κ1) is 13.1. The summed E-state index contributed by atoms with van der Waals surface area (Å²) in [5.74, 6) is -1.02. The van der Waals surface area contributed by atoms with Gasteiger partial charge in [-0.15, -0.1) is 0 Å². The van der Waals surface area contributed by atoms with Crippen molar-refractivity contribution < 1.29 is 14.3 Å². The molecule has 0 saturated carbocycles. The van der Waals surface area contributed by atoms with Crippen molar-refractivity contribution in [1.82, 2.24) is 4.98 Å². The predicted octanol–water partition coefficient (Wildman–Crippen LogP) is 1.52. The number of para-hydroxylation sites is 1. The molecule has 2 rings (SSSR count). The summed E-state index contributed by atoms with van der Waals surface area (Å²) < 4.78 is 4.69. The van der Waals surface area contributed by atoms with E-state index in [0.717, 1.165) is 11.9 Å². The van der Waals surface area contributed by atoms with E-state index in [9.17, 15) is 9.59 Å². The number of aromatic amines is 1. The number of hydrogen-bond donors (Lipinski definition) is 2. The lowest BCUT2D eigenvalue weighted by Gasteiger charge is -2.02. The number of fused-ring (bicyclic) bond motifs is 1. The van der Waals surface area contributed by atoms with Crippen LogP contribution in [0.3, 0.4) is 0 Å². The molecular formula is C14H16N2O3. The summed E-state index contributed by atoms with van der Waals surface area (Å²) in [6.07, 6.45) is 3.71. The molecule has 1 amide bonds. The quantitative estimate of drug-likeness (QED) is 0.772. The number of aromatic nitrogens is 1. The van der Waals surface area contributed by atoms with Crippen LogP contribution in [0.1, 0.15) is 18.4 Å². The molecule has 0 unspecified atom stereocenters. The smallest absolute Gasteiger partial charge is 0.306 e. The minimum absolute atomic E-state index is 0.285. The van der Waals surface area contributed by atoms with Crippen LogP contribution in [0.4, 0.5) is 0 Å². The molecule has 1 aromatic heterocycles. The Hall–Kier alpha value is -2.30. The third-order valence-electron chi connectivity index (χ3n) is 2.88. The first-order chi connectivity index (χ1) is 9.16. The monoisotopic (exact) mass is 260 g/mol. The molecule has 0 spiro atoms. The van der Waals surface area contributed by atoms with Crippen molar-refractivity contribution >= 4 is 22.8 Å². The fourth-order valence-electron chi connectivity index (χ4n) is 1.99. The van der Waals surface area contributed by atoms with Crippen LogP contribution in [-0.2, 0) is 20.7 Å². The summed E-state index contributed by atoms with van der Waals surface area (Å²) in [6, 6.07) is 8.02. The zero-order chi connectivity index (χ0) is 13.7. The molecule has 0 aliphatic carbocycles. The molecule has 0 fully saturated rings. The second kappa shape index (κ2) is 6.04. The Kier molecular flexibility index (Phi) is 4.18. The number of esters is 1. The second-order valence-electron chi connectivity index (χ2n) is 4.34. The summed E-state index contributed by atoms with van der Waals surface area (Å²) in [5.41, 5.74) is 7.16.